The number of pyridine rings is 1. The smallest absolute Gasteiger partial charge is 0.141 e. The van der Waals surface area contributed by atoms with Gasteiger partial charge in [0.1, 0.15) is 11.5 Å². The molecule has 0 unspecified atom stereocenters. The van der Waals surface area contributed by atoms with Crippen LogP contribution in [0.25, 0.3) is 10.9 Å². The molecular weight excluding hydrogens is 294 g/mol. The molecule has 2 nitrogen and oxygen atoms in total. The molecular formula is C19H16ClNO. The van der Waals surface area contributed by atoms with Gasteiger partial charge in [0.15, 0.2) is 0 Å². The summed E-state index contributed by atoms with van der Waals surface area (Å²) < 4.78 is 6.27. The van der Waals surface area contributed by atoms with Gasteiger partial charge in [0.05, 0.1) is 5.52 Å². The van der Waals surface area contributed by atoms with Gasteiger partial charge in [-0.25, -0.2) is 0 Å². The van der Waals surface area contributed by atoms with Crippen LogP contribution < -0.4 is 4.74 Å². The van der Waals surface area contributed by atoms with Crippen LogP contribution >= 0.6 is 11.6 Å². The van der Waals surface area contributed by atoms with Crippen LogP contribution in [-0.2, 0) is 12.8 Å². The summed E-state index contributed by atoms with van der Waals surface area (Å²) in [7, 11) is 0. The average molecular weight is 310 g/mol. The Labute approximate surface area is 134 Å². The van der Waals surface area contributed by atoms with Crippen LogP contribution in [0.3, 0.4) is 0 Å². The number of aromatic nitrogens is 1. The molecule has 22 heavy (non-hydrogen) atoms. The number of ether oxygens (including phenoxy) is 1. The molecule has 0 spiro atoms. The molecule has 4 rings (SSSR count). The summed E-state index contributed by atoms with van der Waals surface area (Å²) in [4.78, 5) is 4.79. The normalized spacial score (nSPS) is 13.4. The van der Waals surface area contributed by atoms with Crippen molar-refractivity contribution in [2.45, 2.75) is 26.2 Å². The van der Waals surface area contributed by atoms with E-state index < -0.39 is 0 Å². The molecule has 0 saturated heterocycles. The van der Waals surface area contributed by atoms with Crippen molar-refractivity contribution in [3.8, 4) is 11.5 Å². The highest BCUT2D eigenvalue weighted by atomic mass is 35.5. The highest BCUT2D eigenvalue weighted by Crippen LogP contribution is 2.38. The maximum Gasteiger partial charge on any atom is 0.141 e. The van der Waals surface area contributed by atoms with Crippen LogP contribution in [0.15, 0.2) is 42.5 Å². The monoisotopic (exact) mass is 309 g/mol. The number of halogens is 1. The Bertz CT molecular complexity index is 873. The first-order valence-corrected chi connectivity index (χ1v) is 7.94. The number of benzene rings is 2. The lowest BCUT2D eigenvalue weighted by molar-refractivity contribution is 0.482. The number of para-hydroxylation sites is 1. The zero-order valence-electron chi connectivity index (χ0n) is 12.4. The molecule has 0 N–H and O–H groups in total. The van der Waals surface area contributed by atoms with E-state index in [9.17, 15) is 0 Å². The summed E-state index contributed by atoms with van der Waals surface area (Å²) in [5.41, 5.74) is 4.46. The van der Waals surface area contributed by atoms with Crippen LogP contribution in [0.1, 0.15) is 23.2 Å². The molecule has 110 valence electrons. The Morgan fingerprint density at radius 1 is 1.09 bits per heavy atom. The molecule has 3 aromatic rings. The maximum absolute atomic E-state index is 6.27. The van der Waals surface area contributed by atoms with E-state index in [0.717, 1.165) is 52.3 Å². The third-order valence-corrected chi connectivity index (χ3v) is 4.64. The van der Waals surface area contributed by atoms with Crippen molar-refractivity contribution < 1.29 is 4.74 Å². The minimum absolute atomic E-state index is 0.761. The molecule has 1 aliphatic carbocycles. The molecule has 3 heteroatoms. The Morgan fingerprint density at radius 3 is 2.82 bits per heavy atom. The quantitative estimate of drug-likeness (QED) is 0.625. The second kappa shape index (κ2) is 5.29. The fraction of sp³-hybridized carbons (Fsp3) is 0.211. The lowest BCUT2D eigenvalue weighted by Crippen LogP contribution is -1.96. The molecule has 0 radical (unpaired) electrons. The number of hydrogen-bond acceptors (Lipinski definition) is 2. The number of aryl methyl sites for hydroxylation is 2. The fourth-order valence-electron chi connectivity index (χ4n) is 3.08. The van der Waals surface area contributed by atoms with E-state index in [1.165, 1.54) is 11.3 Å². The zero-order valence-corrected chi connectivity index (χ0v) is 13.2. The van der Waals surface area contributed by atoms with Gasteiger partial charge in [-0.05, 0) is 62.1 Å². The van der Waals surface area contributed by atoms with Crippen molar-refractivity contribution >= 4 is 22.5 Å². The van der Waals surface area contributed by atoms with Gasteiger partial charge in [0, 0.05) is 21.7 Å². The van der Waals surface area contributed by atoms with Gasteiger partial charge in [0.2, 0.25) is 0 Å². The summed E-state index contributed by atoms with van der Waals surface area (Å²) in [6.07, 6.45) is 3.22. The van der Waals surface area contributed by atoms with Crippen molar-refractivity contribution in [2.24, 2.45) is 0 Å². The Morgan fingerprint density at radius 2 is 1.95 bits per heavy atom. The Kier molecular flexibility index (Phi) is 3.27. The van der Waals surface area contributed by atoms with Crippen LogP contribution in [-0.4, -0.2) is 4.98 Å². The highest BCUT2D eigenvalue weighted by Gasteiger charge is 2.21. The molecule has 1 heterocycles. The third-order valence-electron chi connectivity index (χ3n) is 4.22. The van der Waals surface area contributed by atoms with Gasteiger partial charge in [-0.1, -0.05) is 23.7 Å². The van der Waals surface area contributed by atoms with E-state index in [-0.39, 0.29) is 0 Å². The largest absolute Gasteiger partial charge is 0.456 e. The summed E-state index contributed by atoms with van der Waals surface area (Å²) in [5, 5.41) is 1.84. The average Bonchev–Trinajstić information content (AvgIpc) is 2.99. The zero-order chi connectivity index (χ0) is 15.1. The second-order valence-corrected chi connectivity index (χ2v) is 6.16. The Hall–Kier alpha value is -2.06. The summed E-state index contributed by atoms with van der Waals surface area (Å²) in [5.74, 6) is 1.78. The van der Waals surface area contributed by atoms with Crippen molar-refractivity contribution in [3.05, 3.63) is 64.3 Å². The van der Waals surface area contributed by atoms with Gasteiger partial charge >= 0.3 is 0 Å². The van der Waals surface area contributed by atoms with Crippen LogP contribution in [0, 0.1) is 6.92 Å². The van der Waals surface area contributed by atoms with Crippen molar-refractivity contribution in [1.82, 2.24) is 4.98 Å². The van der Waals surface area contributed by atoms with Crippen molar-refractivity contribution in [2.75, 3.05) is 0 Å². The SMILES string of the molecule is Cc1cc(Oc2c3c(nc4ccccc24)CCC3)ccc1Cl. The minimum Gasteiger partial charge on any atom is -0.456 e. The van der Waals surface area contributed by atoms with E-state index in [1.54, 1.807) is 0 Å². The van der Waals surface area contributed by atoms with Crippen LogP contribution in [0.4, 0.5) is 0 Å². The van der Waals surface area contributed by atoms with Gasteiger partial charge in [-0.2, -0.15) is 0 Å². The van der Waals surface area contributed by atoms with Crippen molar-refractivity contribution in [3.63, 3.8) is 0 Å². The third kappa shape index (κ3) is 2.24. The molecule has 0 amide bonds. The molecule has 0 fully saturated rings. The van der Waals surface area contributed by atoms with E-state index in [0.29, 0.717) is 0 Å². The summed E-state index contributed by atoms with van der Waals surface area (Å²) in [6, 6.07) is 14.0. The molecule has 0 bridgehead atoms. The topological polar surface area (TPSA) is 22.1 Å². The molecule has 1 aromatic heterocycles. The Balaban J connectivity index is 1.88. The molecule has 0 atom stereocenters. The summed E-state index contributed by atoms with van der Waals surface area (Å²) >= 11 is 6.11. The van der Waals surface area contributed by atoms with Gasteiger partial charge in [-0.3, -0.25) is 4.98 Å². The first-order chi connectivity index (χ1) is 10.7. The number of hydrogen-bond donors (Lipinski definition) is 0. The molecule has 0 saturated carbocycles. The van der Waals surface area contributed by atoms with E-state index in [1.807, 2.05) is 43.3 Å². The standard InChI is InChI=1S/C19H16ClNO/c1-12-11-13(9-10-16(12)20)22-19-14-5-2-3-7-17(14)21-18-8-4-6-15(18)19/h2-3,5,7,9-11H,4,6,8H2,1H3. The second-order valence-electron chi connectivity index (χ2n) is 5.75. The maximum atomic E-state index is 6.27. The van der Waals surface area contributed by atoms with Crippen LogP contribution in [0.2, 0.25) is 5.02 Å². The first-order valence-electron chi connectivity index (χ1n) is 7.57. The highest BCUT2D eigenvalue weighted by molar-refractivity contribution is 6.31. The molecule has 2 aromatic carbocycles. The number of rotatable bonds is 2. The summed E-state index contributed by atoms with van der Waals surface area (Å²) in [6.45, 7) is 1.99. The fourth-order valence-corrected chi connectivity index (χ4v) is 3.20. The van der Waals surface area contributed by atoms with Gasteiger partial charge in [0.25, 0.3) is 0 Å². The van der Waals surface area contributed by atoms with Crippen LogP contribution in [0.5, 0.6) is 11.5 Å². The van der Waals surface area contributed by atoms with Gasteiger partial charge in [-0.15, -0.1) is 0 Å². The lowest BCUT2D eigenvalue weighted by Gasteiger charge is -2.14. The lowest BCUT2D eigenvalue weighted by atomic mass is 10.1. The molecule has 1 aliphatic rings. The van der Waals surface area contributed by atoms with E-state index in [2.05, 4.69) is 6.07 Å². The number of nitrogens with zero attached hydrogens (tertiary/aromatic N) is 1. The predicted molar refractivity (Wildman–Crippen MR) is 90.0 cm³/mol. The van der Waals surface area contributed by atoms with E-state index in [4.69, 9.17) is 21.3 Å². The predicted octanol–water partition coefficient (Wildman–Crippen LogP) is 5.48. The van der Waals surface area contributed by atoms with Gasteiger partial charge < -0.3 is 4.74 Å². The van der Waals surface area contributed by atoms with Crippen molar-refractivity contribution in [1.29, 1.82) is 0 Å². The minimum atomic E-state index is 0.761. The molecule has 0 aliphatic heterocycles. The first kappa shape index (κ1) is 13.6. The number of fused-ring (bicyclic) bond motifs is 2. The van der Waals surface area contributed by atoms with E-state index >= 15 is 0 Å².